The van der Waals surface area contributed by atoms with Gasteiger partial charge in [-0.25, -0.2) is 39.1 Å². The molecule has 6 aromatic carbocycles. The van der Waals surface area contributed by atoms with Crippen LogP contribution in [0.1, 0.15) is 154 Å². The molecular weight excluding hydrogens is 1450 g/mol. The molecule has 8 N–H and O–H groups in total. The molecule has 4 aliphatic heterocycles. The minimum Gasteiger partial charge on any atom is -0.453 e. The van der Waals surface area contributed by atoms with Crippen molar-refractivity contribution in [1.82, 2.24) is 80.7 Å². The van der Waals surface area contributed by atoms with Crippen LogP contribution in [0.2, 0.25) is 0 Å². The molecule has 0 spiro atoms. The average Bonchev–Trinajstić information content (AvgIpc) is 1.57. The van der Waals surface area contributed by atoms with Crippen LogP contribution in [0.25, 0.3) is 88.4 Å². The summed E-state index contributed by atoms with van der Waals surface area (Å²) in [6, 6.07) is 33.8. The van der Waals surface area contributed by atoms with Crippen molar-refractivity contribution >= 4 is 91.6 Å². The first-order valence-corrected chi connectivity index (χ1v) is 39.3. The van der Waals surface area contributed by atoms with E-state index in [1.54, 1.807) is 18.0 Å². The third-order valence-corrected chi connectivity index (χ3v) is 22.9. The van der Waals surface area contributed by atoms with Gasteiger partial charge in [0.1, 0.15) is 47.5 Å². The molecular formula is C85H102N16O13. The summed E-state index contributed by atoms with van der Waals surface area (Å²) in [5.41, 5.74) is 11.3. The topological polar surface area (TPSA) is 359 Å². The lowest BCUT2D eigenvalue weighted by Gasteiger charge is -2.30. The van der Waals surface area contributed by atoms with Crippen molar-refractivity contribution in [2.45, 2.75) is 161 Å². The van der Waals surface area contributed by atoms with Crippen LogP contribution in [0, 0.1) is 17.8 Å². The van der Waals surface area contributed by atoms with E-state index in [-0.39, 0.29) is 65.5 Å². The summed E-state index contributed by atoms with van der Waals surface area (Å²) in [6.45, 7) is 15.6. The summed E-state index contributed by atoms with van der Waals surface area (Å²) in [4.78, 5) is 143. The summed E-state index contributed by atoms with van der Waals surface area (Å²) < 4.78 is 24.5. The van der Waals surface area contributed by atoms with Crippen LogP contribution in [0.5, 0.6) is 0 Å². The van der Waals surface area contributed by atoms with Crippen molar-refractivity contribution in [2.24, 2.45) is 17.8 Å². The quantitative estimate of drug-likeness (QED) is 0.0292. The number of methoxy groups -OCH3 is 5. The first kappa shape index (κ1) is 80.2. The highest BCUT2D eigenvalue weighted by Gasteiger charge is 2.43. The molecule has 10 atom stereocenters. The third kappa shape index (κ3) is 17.1. The van der Waals surface area contributed by atoms with Gasteiger partial charge in [0.2, 0.25) is 23.6 Å². The summed E-state index contributed by atoms with van der Waals surface area (Å²) in [5, 5.41) is 15.1. The molecule has 600 valence electrons. The van der Waals surface area contributed by atoms with Gasteiger partial charge in [-0.2, -0.15) is 0 Å². The van der Waals surface area contributed by atoms with Crippen LogP contribution in [0.15, 0.2) is 122 Å². The Morgan fingerprint density at radius 1 is 0.395 bits per heavy atom. The molecule has 8 amide bonds. The van der Waals surface area contributed by atoms with Gasteiger partial charge in [0.05, 0.1) is 105 Å². The smallest absolute Gasteiger partial charge is 0.407 e. The molecule has 4 aliphatic rings. The van der Waals surface area contributed by atoms with Gasteiger partial charge < -0.3 is 84.5 Å². The number of nitrogens with one attached hydrogen (secondary N) is 8. The number of H-pyrrole nitrogens is 4. The van der Waals surface area contributed by atoms with Crippen molar-refractivity contribution in [3.63, 3.8) is 0 Å². The maximum absolute atomic E-state index is 13.8. The number of amides is 8. The zero-order valence-corrected chi connectivity index (χ0v) is 66.6. The third-order valence-electron chi connectivity index (χ3n) is 22.9. The maximum Gasteiger partial charge on any atom is 0.407 e. The molecule has 0 saturated carbocycles. The standard InChI is InChI=1S/C43H52N8O7.C42H50N8O6/c1-7-24(2)36(48-42(54)57-5)40(52)51-19-9-11-35(51)39-45-31-17-16-29(22-32(31)46-39)27-12-13-28-21-30(15-14-26(28)20-27)33-23-44-38(47-33)34-10-8-18-50(34)41(53)37(25(3)56-4)49-43(55)58-6;1-23(2)35(47-41(53)55-5)39(51)49-17-7-9-33(49)37-43-22-32(46-37)29-14-13-25-19-26(11-12-27(25)20-29)28-15-16-30-31(21-28)45-38(44-30)34-10-8-18-50(34)40(52)36(24(3)4)48-42(54)56-6/h12-17,20-25,34-37H,7-11,18-19H2,1-6H3,(H,44,47)(H,45,46)(H,48,54)(H,49,55);11-16,19-24,33-36H,7-10,17-18H2,1-6H3,(H,43,46)(H,44,45)(H,47,53)(H,48,54)/t24-,25+,34-,35-,36-,37-;33-,34-,35-,36-/m00/s1. The van der Waals surface area contributed by atoms with Crippen molar-refractivity contribution in [3.05, 3.63) is 145 Å². The molecule has 4 saturated heterocycles. The Kier molecular flexibility index (Phi) is 24.6. The van der Waals surface area contributed by atoms with E-state index in [1.165, 1.54) is 35.5 Å². The molecule has 29 nitrogen and oxygen atoms in total. The van der Waals surface area contributed by atoms with Crippen molar-refractivity contribution in [3.8, 4) is 44.8 Å². The van der Waals surface area contributed by atoms with E-state index in [1.807, 2.05) is 74.6 Å². The van der Waals surface area contributed by atoms with Crippen LogP contribution in [0.4, 0.5) is 19.2 Å². The number of ether oxygens (including phenoxy) is 5. The van der Waals surface area contributed by atoms with E-state index in [0.717, 1.165) is 164 Å². The maximum atomic E-state index is 13.8. The fraction of sp³-hybridized carbons (Fsp3) is 0.435. The first-order valence-electron chi connectivity index (χ1n) is 39.3. The lowest BCUT2D eigenvalue weighted by molar-refractivity contribution is -0.138. The molecule has 114 heavy (non-hydrogen) atoms. The first-order chi connectivity index (χ1) is 55.0. The fourth-order valence-electron chi connectivity index (χ4n) is 16.2. The molecule has 0 bridgehead atoms. The van der Waals surface area contributed by atoms with Gasteiger partial charge in [-0.3, -0.25) is 19.2 Å². The predicted octanol–water partition coefficient (Wildman–Crippen LogP) is 13.5. The van der Waals surface area contributed by atoms with E-state index < -0.39 is 54.6 Å². The number of likely N-dealkylation sites (tertiary alicyclic amines) is 4. The lowest BCUT2D eigenvalue weighted by atomic mass is 9.97. The Hall–Kier alpha value is -11.9. The van der Waals surface area contributed by atoms with Crippen LogP contribution < -0.4 is 21.3 Å². The Balaban J connectivity index is 0.000000199. The Labute approximate surface area is 661 Å². The number of aromatic amines is 4. The zero-order valence-electron chi connectivity index (χ0n) is 66.6. The van der Waals surface area contributed by atoms with Gasteiger partial charge >= 0.3 is 24.4 Å². The van der Waals surface area contributed by atoms with E-state index in [0.29, 0.717) is 32.0 Å². The monoisotopic (exact) mass is 1550 g/mol. The van der Waals surface area contributed by atoms with Crippen molar-refractivity contribution in [2.75, 3.05) is 61.7 Å². The second kappa shape index (κ2) is 35.0. The lowest BCUT2D eigenvalue weighted by Crippen LogP contribution is -2.54. The minimum absolute atomic E-state index is 0.0613. The number of hydrogen-bond donors (Lipinski definition) is 8. The second-order valence-electron chi connectivity index (χ2n) is 30.7. The van der Waals surface area contributed by atoms with Gasteiger partial charge in [0.25, 0.3) is 0 Å². The van der Waals surface area contributed by atoms with E-state index >= 15 is 0 Å². The van der Waals surface area contributed by atoms with Crippen molar-refractivity contribution < 1.29 is 62.0 Å². The minimum atomic E-state index is -0.900. The number of fused-ring (bicyclic) bond motifs is 4. The summed E-state index contributed by atoms with van der Waals surface area (Å²) in [7, 11) is 6.64. The number of hydrogen-bond acceptors (Lipinski definition) is 17. The number of alkyl carbamates (subject to hydrolysis) is 4. The van der Waals surface area contributed by atoms with Crippen molar-refractivity contribution in [1.29, 1.82) is 0 Å². The number of aromatic nitrogens is 8. The van der Waals surface area contributed by atoms with Crippen LogP contribution in [0.3, 0.4) is 0 Å². The number of imidazole rings is 4. The molecule has 0 aliphatic carbocycles. The van der Waals surface area contributed by atoms with Crippen LogP contribution in [-0.2, 0) is 42.9 Å². The second-order valence-corrected chi connectivity index (χ2v) is 30.7. The van der Waals surface area contributed by atoms with Crippen LogP contribution >= 0.6 is 0 Å². The summed E-state index contributed by atoms with van der Waals surface area (Å²) >= 11 is 0. The molecule has 14 rings (SSSR count). The highest BCUT2D eigenvalue weighted by Crippen LogP contribution is 2.40. The Morgan fingerprint density at radius 3 is 1.05 bits per heavy atom. The van der Waals surface area contributed by atoms with Crippen LogP contribution in [-0.4, -0.2) is 199 Å². The Bertz CT molecular complexity index is 5200. The van der Waals surface area contributed by atoms with Gasteiger partial charge in [-0.1, -0.05) is 109 Å². The number of benzene rings is 6. The number of rotatable bonds is 22. The fourth-order valence-corrected chi connectivity index (χ4v) is 16.2. The molecule has 0 radical (unpaired) electrons. The van der Waals surface area contributed by atoms with E-state index in [4.69, 9.17) is 43.6 Å². The Morgan fingerprint density at radius 2 is 0.702 bits per heavy atom. The average molecular weight is 1560 g/mol. The largest absolute Gasteiger partial charge is 0.453 e. The van der Waals surface area contributed by atoms with Gasteiger partial charge in [-0.15, -0.1) is 0 Å². The van der Waals surface area contributed by atoms with Gasteiger partial charge in [0, 0.05) is 44.4 Å². The molecule has 4 fully saturated rings. The molecule has 0 unspecified atom stereocenters. The molecule has 8 heterocycles. The molecule has 29 heteroatoms. The SMILES string of the molecule is CC[C@H](C)[C@H](NC(=O)OC)C(=O)N1CCC[C@H]1c1nc2ccc(-c3ccc4cc(-c5cnc([C@@H]6CCCN6C(=O)[C@@H](NC(=O)OC)[C@@H](C)OC)[nH]5)ccc4c3)cc2[nH]1.COC(=O)N[C@H](C(=O)N1CCC[C@H]1c1ncc(-c2ccc3cc(-c4ccc5nc([C@@H]6CCCN6C(=O)[C@@H](NC(=O)OC)C(C)C)[nH]c5c4)ccc3c2)[nH]1)C(C)C. The number of carbonyl (C=O) groups excluding carboxylic acids is 8. The highest BCUT2D eigenvalue weighted by molar-refractivity contribution is 5.95. The van der Waals surface area contributed by atoms with Gasteiger partial charge in [0.15, 0.2) is 0 Å². The summed E-state index contributed by atoms with van der Waals surface area (Å²) in [5.74, 6) is 1.95. The van der Waals surface area contributed by atoms with E-state index in [9.17, 15) is 38.4 Å². The normalized spacial score (nSPS) is 18.5. The highest BCUT2D eigenvalue weighted by atomic mass is 16.6. The molecule has 4 aromatic heterocycles. The zero-order chi connectivity index (χ0) is 80.8. The summed E-state index contributed by atoms with van der Waals surface area (Å²) in [6.07, 6.45) is 7.65. The number of carbonyl (C=O) groups is 8. The predicted molar refractivity (Wildman–Crippen MR) is 431 cm³/mol. The number of nitrogens with zero attached hydrogens (tertiary/aromatic N) is 8. The molecule has 10 aromatic rings. The van der Waals surface area contributed by atoms with Gasteiger partial charge in [-0.05, 0) is 168 Å². The van der Waals surface area contributed by atoms with E-state index in [2.05, 4.69) is 138 Å².